The van der Waals surface area contributed by atoms with Gasteiger partial charge in [-0.25, -0.2) is 0 Å². The molecule has 2 rings (SSSR count). The Kier molecular flexibility index (Phi) is 2.42. The summed E-state index contributed by atoms with van der Waals surface area (Å²) in [5.41, 5.74) is 7.14. The fourth-order valence-corrected chi connectivity index (χ4v) is 1.68. The zero-order valence-corrected chi connectivity index (χ0v) is 8.64. The molecule has 78 valence electrons. The summed E-state index contributed by atoms with van der Waals surface area (Å²) < 4.78 is 0. The molecule has 15 heavy (non-hydrogen) atoms. The summed E-state index contributed by atoms with van der Waals surface area (Å²) in [5.74, 6) is 0. The Bertz CT molecular complexity index is 475. The molecule has 0 aliphatic rings. The molecule has 0 saturated carbocycles. The topological polar surface area (TPSA) is 59.1 Å². The number of fused-ring (bicyclic) bond motifs is 1. The highest BCUT2D eigenvalue weighted by Gasteiger charge is 2.22. The van der Waals surface area contributed by atoms with Crippen LogP contribution in [0.4, 0.5) is 0 Å². The van der Waals surface area contributed by atoms with Crippen LogP contribution in [0.2, 0.25) is 0 Å². The first-order chi connectivity index (χ1) is 7.15. The van der Waals surface area contributed by atoms with Crippen molar-refractivity contribution >= 4 is 10.9 Å². The molecule has 1 unspecified atom stereocenters. The molecular formula is C12H14N2O. The van der Waals surface area contributed by atoms with Crippen LogP contribution >= 0.6 is 0 Å². The van der Waals surface area contributed by atoms with Gasteiger partial charge in [-0.2, -0.15) is 0 Å². The molecule has 0 amide bonds. The van der Waals surface area contributed by atoms with E-state index in [0.29, 0.717) is 0 Å². The standard InChI is InChI=1S/C12H14N2O/c1-12(13,8-15)10-6-7-14-11-5-3-2-4-9(10)11/h2-7,15H,8,13H2,1H3. The normalized spacial score (nSPS) is 15.1. The van der Waals surface area contributed by atoms with Gasteiger partial charge >= 0.3 is 0 Å². The first-order valence-corrected chi connectivity index (χ1v) is 4.89. The lowest BCUT2D eigenvalue weighted by molar-refractivity contribution is 0.211. The van der Waals surface area contributed by atoms with Gasteiger partial charge in [-0.05, 0) is 24.6 Å². The Morgan fingerprint density at radius 1 is 1.33 bits per heavy atom. The van der Waals surface area contributed by atoms with Gasteiger partial charge in [-0.15, -0.1) is 0 Å². The van der Waals surface area contributed by atoms with Crippen LogP contribution in [0, 0.1) is 0 Å². The summed E-state index contributed by atoms with van der Waals surface area (Å²) >= 11 is 0. The molecule has 1 heterocycles. The third kappa shape index (κ3) is 1.71. The molecule has 1 aromatic carbocycles. The number of aliphatic hydroxyl groups excluding tert-OH is 1. The minimum atomic E-state index is -0.720. The smallest absolute Gasteiger partial charge is 0.0705 e. The fourth-order valence-electron chi connectivity index (χ4n) is 1.68. The van der Waals surface area contributed by atoms with Gasteiger partial charge in [0.15, 0.2) is 0 Å². The molecule has 3 heteroatoms. The van der Waals surface area contributed by atoms with Crippen molar-refractivity contribution in [3.05, 3.63) is 42.1 Å². The van der Waals surface area contributed by atoms with Crippen LogP contribution in [0.25, 0.3) is 10.9 Å². The largest absolute Gasteiger partial charge is 0.394 e. The van der Waals surface area contributed by atoms with E-state index in [9.17, 15) is 5.11 Å². The summed E-state index contributed by atoms with van der Waals surface area (Å²) in [6.07, 6.45) is 1.72. The Balaban J connectivity index is 2.71. The van der Waals surface area contributed by atoms with E-state index < -0.39 is 5.54 Å². The zero-order chi connectivity index (χ0) is 10.9. The van der Waals surface area contributed by atoms with Gasteiger partial charge in [0.1, 0.15) is 0 Å². The predicted molar refractivity (Wildman–Crippen MR) is 60.4 cm³/mol. The Morgan fingerprint density at radius 2 is 2.07 bits per heavy atom. The highest BCUT2D eigenvalue weighted by atomic mass is 16.3. The van der Waals surface area contributed by atoms with Crippen LogP contribution in [-0.2, 0) is 5.54 Å². The minimum absolute atomic E-state index is 0.0823. The molecule has 1 atom stereocenters. The van der Waals surface area contributed by atoms with Crippen molar-refractivity contribution in [3.8, 4) is 0 Å². The third-order valence-electron chi connectivity index (χ3n) is 2.59. The van der Waals surface area contributed by atoms with E-state index in [2.05, 4.69) is 4.98 Å². The quantitative estimate of drug-likeness (QED) is 0.774. The van der Waals surface area contributed by atoms with Crippen LogP contribution in [0.5, 0.6) is 0 Å². The van der Waals surface area contributed by atoms with Crippen molar-refractivity contribution in [3.63, 3.8) is 0 Å². The molecule has 0 aliphatic carbocycles. The monoisotopic (exact) mass is 202 g/mol. The van der Waals surface area contributed by atoms with Crippen LogP contribution in [0.3, 0.4) is 0 Å². The second-order valence-electron chi connectivity index (χ2n) is 3.95. The van der Waals surface area contributed by atoms with Crippen molar-refractivity contribution in [2.75, 3.05) is 6.61 Å². The van der Waals surface area contributed by atoms with Gasteiger partial charge in [0, 0.05) is 11.6 Å². The summed E-state index contributed by atoms with van der Waals surface area (Å²) in [4.78, 5) is 4.25. The summed E-state index contributed by atoms with van der Waals surface area (Å²) in [5, 5.41) is 10.3. The maximum atomic E-state index is 9.26. The number of para-hydroxylation sites is 1. The van der Waals surface area contributed by atoms with Crippen LogP contribution in [-0.4, -0.2) is 16.7 Å². The molecule has 0 radical (unpaired) electrons. The SMILES string of the molecule is CC(N)(CO)c1ccnc2ccccc12. The molecule has 2 aromatic rings. The summed E-state index contributed by atoms with van der Waals surface area (Å²) in [7, 11) is 0. The fraction of sp³-hybridized carbons (Fsp3) is 0.250. The second-order valence-corrected chi connectivity index (χ2v) is 3.95. The van der Waals surface area contributed by atoms with Crippen LogP contribution < -0.4 is 5.73 Å². The van der Waals surface area contributed by atoms with Gasteiger partial charge in [-0.3, -0.25) is 4.98 Å². The molecule has 0 saturated heterocycles. The van der Waals surface area contributed by atoms with E-state index >= 15 is 0 Å². The first kappa shape index (κ1) is 10.1. The van der Waals surface area contributed by atoms with Crippen molar-refractivity contribution in [2.24, 2.45) is 5.73 Å². The number of pyridine rings is 1. The Hall–Kier alpha value is -1.45. The Morgan fingerprint density at radius 3 is 2.80 bits per heavy atom. The van der Waals surface area contributed by atoms with E-state index in [1.165, 1.54) is 0 Å². The average molecular weight is 202 g/mol. The highest BCUT2D eigenvalue weighted by Crippen LogP contribution is 2.24. The van der Waals surface area contributed by atoms with Crippen molar-refractivity contribution in [2.45, 2.75) is 12.5 Å². The first-order valence-electron chi connectivity index (χ1n) is 4.89. The van der Waals surface area contributed by atoms with Gasteiger partial charge in [0.2, 0.25) is 0 Å². The number of aromatic nitrogens is 1. The van der Waals surface area contributed by atoms with E-state index in [-0.39, 0.29) is 6.61 Å². The number of rotatable bonds is 2. The van der Waals surface area contributed by atoms with Crippen LogP contribution in [0.15, 0.2) is 36.5 Å². The predicted octanol–water partition coefficient (Wildman–Crippen LogP) is 1.40. The zero-order valence-electron chi connectivity index (χ0n) is 8.64. The molecule has 0 spiro atoms. The minimum Gasteiger partial charge on any atom is -0.394 e. The Labute approximate surface area is 88.6 Å². The summed E-state index contributed by atoms with van der Waals surface area (Å²) in [6, 6.07) is 9.65. The van der Waals surface area contributed by atoms with Crippen LogP contribution in [0.1, 0.15) is 12.5 Å². The van der Waals surface area contributed by atoms with Gasteiger partial charge in [0.25, 0.3) is 0 Å². The van der Waals surface area contributed by atoms with Gasteiger partial charge in [0.05, 0.1) is 17.7 Å². The van der Waals surface area contributed by atoms with E-state index in [4.69, 9.17) is 5.73 Å². The molecule has 0 bridgehead atoms. The number of nitrogens with two attached hydrogens (primary N) is 1. The second kappa shape index (κ2) is 3.61. The maximum Gasteiger partial charge on any atom is 0.0705 e. The number of benzene rings is 1. The average Bonchev–Trinajstić information content (AvgIpc) is 2.28. The van der Waals surface area contributed by atoms with Gasteiger partial charge < -0.3 is 10.8 Å². The molecule has 0 aliphatic heterocycles. The van der Waals surface area contributed by atoms with Crippen molar-refractivity contribution < 1.29 is 5.11 Å². The maximum absolute atomic E-state index is 9.26. The summed E-state index contributed by atoms with van der Waals surface area (Å²) in [6.45, 7) is 1.73. The third-order valence-corrected chi connectivity index (χ3v) is 2.59. The van der Waals surface area contributed by atoms with E-state index in [1.54, 1.807) is 6.20 Å². The molecule has 3 nitrogen and oxygen atoms in total. The lowest BCUT2D eigenvalue weighted by Gasteiger charge is -2.23. The molecule has 1 aromatic heterocycles. The lowest BCUT2D eigenvalue weighted by Crippen LogP contribution is -2.37. The highest BCUT2D eigenvalue weighted by molar-refractivity contribution is 5.82. The van der Waals surface area contributed by atoms with E-state index in [1.807, 2.05) is 37.3 Å². The molecule has 0 fully saturated rings. The van der Waals surface area contributed by atoms with Crippen molar-refractivity contribution in [1.29, 1.82) is 0 Å². The lowest BCUT2D eigenvalue weighted by atomic mass is 9.91. The molecule has 3 N–H and O–H groups in total. The number of aliphatic hydroxyl groups is 1. The van der Waals surface area contributed by atoms with Crippen molar-refractivity contribution in [1.82, 2.24) is 4.98 Å². The van der Waals surface area contributed by atoms with Gasteiger partial charge in [-0.1, -0.05) is 18.2 Å². The van der Waals surface area contributed by atoms with E-state index in [0.717, 1.165) is 16.5 Å². The number of nitrogens with zero attached hydrogens (tertiary/aromatic N) is 1. The number of hydrogen-bond donors (Lipinski definition) is 2. The number of hydrogen-bond acceptors (Lipinski definition) is 3. The molecular weight excluding hydrogens is 188 g/mol.